The van der Waals surface area contributed by atoms with E-state index in [0.29, 0.717) is 43.9 Å². The predicted octanol–water partition coefficient (Wildman–Crippen LogP) is 3.83. The third-order valence-corrected chi connectivity index (χ3v) is 8.52. The lowest BCUT2D eigenvalue weighted by molar-refractivity contribution is -0.150. The first-order valence-corrected chi connectivity index (χ1v) is 12.4. The van der Waals surface area contributed by atoms with Crippen molar-refractivity contribution in [2.24, 2.45) is 29.1 Å². The number of nitrogens with zero attached hydrogens (tertiary/aromatic N) is 2. The van der Waals surface area contributed by atoms with Crippen LogP contribution in [0.4, 0.5) is 10.1 Å². The molecule has 4 saturated carbocycles. The van der Waals surface area contributed by atoms with E-state index in [1.807, 2.05) is 18.7 Å². The van der Waals surface area contributed by atoms with E-state index < -0.39 is 6.04 Å². The molecule has 1 saturated heterocycles. The summed E-state index contributed by atoms with van der Waals surface area (Å²) in [5, 5.41) is 3.23. The van der Waals surface area contributed by atoms with E-state index in [1.165, 1.54) is 31.4 Å². The Morgan fingerprint density at radius 2 is 1.47 bits per heavy atom. The van der Waals surface area contributed by atoms with E-state index >= 15 is 0 Å². The quantitative estimate of drug-likeness (QED) is 0.756. The van der Waals surface area contributed by atoms with Gasteiger partial charge in [-0.3, -0.25) is 9.59 Å². The maximum Gasteiger partial charge on any atom is 0.245 e. The lowest BCUT2D eigenvalue weighted by Gasteiger charge is -2.56. The van der Waals surface area contributed by atoms with Crippen molar-refractivity contribution < 1.29 is 14.0 Å². The van der Waals surface area contributed by atoms with Crippen molar-refractivity contribution in [1.29, 1.82) is 0 Å². The minimum absolute atomic E-state index is 0.0387. The Morgan fingerprint density at radius 1 is 0.938 bits per heavy atom. The SMILES string of the molecule is CC(C)C(NC(=O)C12CC3CC(CC(C3)C1)C2)C(=O)N1CCN(c2ccc(F)cc2)CC1. The highest BCUT2D eigenvalue weighted by molar-refractivity contribution is 5.90. The molecule has 0 radical (unpaired) electrons. The average molecular weight is 442 g/mol. The molecule has 0 aromatic heterocycles. The van der Waals surface area contributed by atoms with Gasteiger partial charge in [0.25, 0.3) is 0 Å². The highest BCUT2D eigenvalue weighted by atomic mass is 19.1. The topological polar surface area (TPSA) is 52.7 Å². The van der Waals surface area contributed by atoms with Crippen LogP contribution in [0.25, 0.3) is 0 Å². The summed E-state index contributed by atoms with van der Waals surface area (Å²) in [7, 11) is 0. The number of nitrogens with one attached hydrogen (secondary N) is 1. The van der Waals surface area contributed by atoms with Crippen LogP contribution < -0.4 is 10.2 Å². The first-order valence-electron chi connectivity index (χ1n) is 12.4. The molecule has 4 aliphatic carbocycles. The van der Waals surface area contributed by atoms with E-state index in [2.05, 4.69) is 10.2 Å². The molecule has 1 aliphatic heterocycles. The van der Waals surface area contributed by atoms with Crippen molar-refractivity contribution >= 4 is 17.5 Å². The van der Waals surface area contributed by atoms with Crippen molar-refractivity contribution in [3.05, 3.63) is 30.1 Å². The molecule has 1 unspecified atom stereocenters. The van der Waals surface area contributed by atoms with Gasteiger partial charge in [0.15, 0.2) is 0 Å². The number of piperazine rings is 1. The predicted molar refractivity (Wildman–Crippen MR) is 123 cm³/mol. The van der Waals surface area contributed by atoms with Gasteiger partial charge in [-0.2, -0.15) is 0 Å². The lowest BCUT2D eigenvalue weighted by Crippen LogP contribution is -2.60. The number of amides is 2. The number of hydrogen-bond acceptors (Lipinski definition) is 3. The van der Waals surface area contributed by atoms with Gasteiger partial charge in [0.05, 0.1) is 0 Å². The summed E-state index contributed by atoms with van der Waals surface area (Å²) in [6.45, 7) is 6.71. The minimum atomic E-state index is -0.465. The average Bonchev–Trinajstić information content (AvgIpc) is 2.76. The van der Waals surface area contributed by atoms with E-state index in [1.54, 1.807) is 12.1 Å². The number of hydrogen-bond donors (Lipinski definition) is 1. The summed E-state index contributed by atoms with van der Waals surface area (Å²) in [5.74, 6) is 2.11. The highest BCUT2D eigenvalue weighted by Gasteiger charge is 2.55. The van der Waals surface area contributed by atoms with Crippen LogP contribution in [0.1, 0.15) is 52.4 Å². The van der Waals surface area contributed by atoms with Gasteiger partial charge in [0, 0.05) is 37.3 Å². The van der Waals surface area contributed by atoms with Crippen molar-refractivity contribution in [1.82, 2.24) is 10.2 Å². The fourth-order valence-corrected chi connectivity index (χ4v) is 7.23. The van der Waals surface area contributed by atoms with Gasteiger partial charge in [-0.25, -0.2) is 4.39 Å². The first kappa shape index (κ1) is 21.7. The third-order valence-electron chi connectivity index (χ3n) is 8.52. The lowest BCUT2D eigenvalue weighted by atomic mass is 9.49. The van der Waals surface area contributed by atoms with Gasteiger partial charge in [-0.1, -0.05) is 13.8 Å². The van der Waals surface area contributed by atoms with Gasteiger partial charge in [-0.05, 0) is 86.5 Å². The Hall–Kier alpha value is -2.11. The second kappa shape index (κ2) is 8.35. The largest absolute Gasteiger partial charge is 0.368 e. The van der Waals surface area contributed by atoms with Crippen LogP contribution in [0.2, 0.25) is 0 Å². The molecule has 1 N–H and O–H groups in total. The third kappa shape index (κ3) is 4.01. The summed E-state index contributed by atoms with van der Waals surface area (Å²) in [6.07, 6.45) is 6.95. The van der Waals surface area contributed by atoms with Gasteiger partial charge in [0.2, 0.25) is 11.8 Å². The molecule has 1 heterocycles. The first-order chi connectivity index (χ1) is 15.3. The molecule has 6 heteroatoms. The fraction of sp³-hybridized carbons (Fsp3) is 0.692. The highest BCUT2D eigenvalue weighted by Crippen LogP contribution is 2.60. The minimum Gasteiger partial charge on any atom is -0.368 e. The second-order valence-corrected chi connectivity index (χ2v) is 11.2. The van der Waals surface area contributed by atoms with Crippen LogP contribution >= 0.6 is 0 Å². The zero-order chi connectivity index (χ0) is 22.5. The molecule has 174 valence electrons. The van der Waals surface area contributed by atoms with E-state index in [0.717, 1.165) is 24.9 Å². The Balaban J connectivity index is 1.22. The van der Waals surface area contributed by atoms with Gasteiger partial charge < -0.3 is 15.1 Å². The van der Waals surface area contributed by atoms with Gasteiger partial charge in [0.1, 0.15) is 11.9 Å². The number of rotatable bonds is 5. The molecule has 4 bridgehead atoms. The van der Waals surface area contributed by atoms with E-state index in [4.69, 9.17) is 0 Å². The maximum absolute atomic E-state index is 13.5. The van der Waals surface area contributed by atoms with Crippen molar-refractivity contribution in [2.45, 2.75) is 58.4 Å². The molecule has 1 atom stereocenters. The summed E-state index contributed by atoms with van der Waals surface area (Å²) < 4.78 is 13.2. The van der Waals surface area contributed by atoms with Crippen LogP contribution in [0.15, 0.2) is 24.3 Å². The fourth-order valence-electron chi connectivity index (χ4n) is 7.23. The Kier molecular flexibility index (Phi) is 5.67. The van der Waals surface area contributed by atoms with Crippen LogP contribution in [0.3, 0.4) is 0 Å². The number of halogens is 1. The number of anilines is 1. The standard InChI is InChI=1S/C26H36FN3O2/c1-17(2)23(28-25(32)26-14-18-11-19(15-26)13-20(12-18)16-26)24(31)30-9-7-29(8-10-30)22-5-3-21(27)4-6-22/h3-6,17-20,23H,7-16H2,1-2H3,(H,28,32). The summed E-state index contributed by atoms with van der Waals surface area (Å²) in [5.41, 5.74) is 0.748. The Morgan fingerprint density at radius 3 is 1.97 bits per heavy atom. The molecular formula is C26H36FN3O2. The normalized spacial score (nSPS) is 32.3. The van der Waals surface area contributed by atoms with E-state index in [-0.39, 0.29) is 29.0 Å². The zero-order valence-corrected chi connectivity index (χ0v) is 19.4. The molecule has 5 nitrogen and oxygen atoms in total. The molecule has 2 amide bonds. The van der Waals surface area contributed by atoms with Crippen molar-refractivity contribution in [3.63, 3.8) is 0 Å². The van der Waals surface area contributed by atoms with Crippen molar-refractivity contribution in [2.75, 3.05) is 31.1 Å². The smallest absolute Gasteiger partial charge is 0.245 e. The number of carbonyl (C=O) groups is 2. The van der Waals surface area contributed by atoms with Crippen LogP contribution in [-0.2, 0) is 9.59 Å². The Labute approximate surface area is 190 Å². The molecule has 1 aromatic rings. The van der Waals surface area contributed by atoms with E-state index in [9.17, 15) is 14.0 Å². The molecule has 6 rings (SSSR count). The molecule has 5 aliphatic rings. The summed E-state index contributed by atoms with van der Waals surface area (Å²) in [6, 6.07) is 6.06. The molecule has 5 fully saturated rings. The summed E-state index contributed by atoms with van der Waals surface area (Å²) in [4.78, 5) is 31.1. The molecule has 32 heavy (non-hydrogen) atoms. The zero-order valence-electron chi connectivity index (χ0n) is 19.4. The second-order valence-electron chi connectivity index (χ2n) is 11.2. The number of benzene rings is 1. The molecule has 0 spiro atoms. The monoisotopic (exact) mass is 441 g/mol. The van der Waals surface area contributed by atoms with Crippen LogP contribution in [-0.4, -0.2) is 48.9 Å². The Bertz CT molecular complexity index is 825. The molecular weight excluding hydrogens is 405 g/mol. The molecule has 1 aromatic carbocycles. The summed E-state index contributed by atoms with van der Waals surface area (Å²) >= 11 is 0. The van der Waals surface area contributed by atoms with Gasteiger partial charge >= 0.3 is 0 Å². The maximum atomic E-state index is 13.5. The van der Waals surface area contributed by atoms with Gasteiger partial charge in [-0.15, -0.1) is 0 Å². The number of carbonyl (C=O) groups excluding carboxylic acids is 2. The van der Waals surface area contributed by atoms with Crippen molar-refractivity contribution in [3.8, 4) is 0 Å². The van der Waals surface area contributed by atoms with Crippen LogP contribution in [0.5, 0.6) is 0 Å². The van der Waals surface area contributed by atoms with Crippen LogP contribution in [0, 0.1) is 34.9 Å².